The molecule has 1 amide bonds. The summed E-state index contributed by atoms with van der Waals surface area (Å²) in [6.07, 6.45) is 2.98. The predicted octanol–water partition coefficient (Wildman–Crippen LogP) is 3.21. The van der Waals surface area contributed by atoms with Gasteiger partial charge in [0.05, 0.1) is 6.42 Å². The third kappa shape index (κ3) is 3.52. The van der Waals surface area contributed by atoms with E-state index < -0.39 is 0 Å². The molecule has 0 aliphatic rings. The van der Waals surface area contributed by atoms with Gasteiger partial charge >= 0.3 is 0 Å². The first-order chi connectivity index (χ1) is 10.7. The minimum absolute atomic E-state index is 0.0469. The fourth-order valence-corrected chi connectivity index (χ4v) is 2.45. The number of hydrogen-bond acceptors (Lipinski definition) is 1. The lowest BCUT2D eigenvalue weighted by Gasteiger charge is -2.06. The van der Waals surface area contributed by atoms with Crippen molar-refractivity contribution >= 4 is 16.8 Å². The first-order valence-electron chi connectivity index (χ1n) is 7.28. The van der Waals surface area contributed by atoms with E-state index in [1.807, 2.05) is 18.3 Å². The Kier molecular flexibility index (Phi) is 4.19. The summed E-state index contributed by atoms with van der Waals surface area (Å²) in [4.78, 5) is 15.0. The van der Waals surface area contributed by atoms with E-state index in [4.69, 9.17) is 0 Å². The Hall–Kier alpha value is -2.62. The fourth-order valence-electron chi connectivity index (χ4n) is 2.45. The summed E-state index contributed by atoms with van der Waals surface area (Å²) in [6.45, 7) is 0.593. The summed E-state index contributed by atoms with van der Waals surface area (Å²) in [5.41, 5.74) is 3.12. The first kappa shape index (κ1) is 14.3. The molecule has 22 heavy (non-hydrogen) atoms. The number of hydrogen-bond donors (Lipinski definition) is 2. The number of carbonyl (C=O) groups excluding carboxylic acids is 1. The lowest BCUT2D eigenvalue weighted by Crippen LogP contribution is -2.27. The molecule has 0 spiro atoms. The van der Waals surface area contributed by atoms with Crippen LogP contribution >= 0.6 is 0 Å². The highest BCUT2D eigenvalue weighted by Crippen LogP contribution is 2.14. The van der Waals surface area contributed by atoms with Crippen molar-refractivity contribution in [2.45, 2.75) is 12.8 Å². The molecule has 112 valence electrons. The van der Waals surface area contributed by atoms with Crippen LogP contribution in [-0.2, 0) is 17.6 Å². The quantitative estimate of drug-likeness (QED) is 0.746. The summed E-state index contributed by atoms with van der Waals surface area (Å²) in [5, 5.41) is 4.07. The Bertz CT molecular complexity index is 777. The van der Waals surface area contributed by atoms with Crippen LogP contribution in [0.3, 0.4) is 0 Å². The molecule has 2 N–H and O–H groups in total. The van der Waals surface area contributed by atoms with E-state index in [-0.39, 0.29) is 18.1 Å². The zero-order chi connectivity index (χ0) is 15.4. The van der Waals surface area contributed by atoms with Gasteiger partial charge in [0.2, 0.25) is 5.91 Å². The average molecular weight is 296 g/mol. The van der Waals surface area contributed by atoms with Gasteiger partial charge in [0, 0.05) is 18.3 Å². The summed E-state index contributed by atoms with van der Waals surface area (Å²) >= 11 is 0. The second kappa shape index (κ2) is 6.43. The Morgan fingerprint density at radius 2 is 1.82 bits per heavy atom. The first-order valence-corrected chi connectivity index (χ1v) is 7.28. The minimum Gasteiger partial charge on any atom is -0.361 e. The number of nitrogens with one attached hydrogen (secondary N) is 2. The fraction of sp³-hybridized carbons (Fsp3) is 0.167. The SMILES string of the molecule is O=C(Cc1ccc(F)cc1)NCCc1ccc2[nH]ccc2c1. The van der Waals surface area contributed by atoms with Crippen molar-refractivity contribution in [1.29, 1.82) is 0 Å². The molecule has 0 saturated carbocycles. The highest BCUT2D eigenvalue weighted by molar-refractivity contribution is 5.80. The van der Waals surface area contributed by atoms with Gasteiger partial charge in [-0.25, -0.2) is 4.39 Å². The molecule has 4 heteroatoms. The molecule has 3 nitrogen and oxygen atoms in total. The summed E-state index contributed by atoms with van der Waals surface area (Å²) in [7, 11) is 0. The molecule has 0 unspecified atom stereocenters. The van der Waals surface area contributed by atoms with Gasteiger partial charge in [0.15, 0.2) is 0 Å². The number of rotatable bonds is 5. The third-order valence-electron chi connectivity index (χ3n) is 3.63. The molecule has 0 fully saturated rings. The maximum absolute atomic E-state index is 12.8. The average Bonchev–Trinajstić information content (AvgIpc) is 2.97. The summed E-state index contributed by atoms with van der Waals surface area (Å²) in [5.74, 6) is -0.335. The third-order valence-corrected chi connectivity index (χ3v) is 3.63. The van der Waals surface area contributed by atoms with Crippen LogP contribution in [0.15, 0.2) is 54.7 Å². The van der Waals surface area contributed by atoms with E-state index in [2.05, 4.69) is 22.4 Å². The minimum atomic E-state index is -0.288. The van der Waals surface area contributed by atoms with Crippen molar-refractivity contribution in [3.8, 4) is 0 Å². The highest BCUT2D eigenvalue weighted by atomic mass is 19.1. The molecule has 2 aromatic carbocycles. The molecule has 1 heterocycles. The van der Waals surface area contributed by atoms with Crippen molar-refractivity contribution in [1.82, 2.24) is 10.3 Å². The molecule has 0 aliphatic heterocycles. The van der Waals surface area contributed by atoms with Crippen molar-refractivity contribution in [3.05, 3.63) is 71.7 Å². The number of halogens is 1. The number of H-pyrrole nitrogens is 1. The van der Waals surface area contributed by atoms with Gasteiger partial charge in [-0.2, -0.15) is 0 Å². The van der Waals surface area contributed by atoms with Crippen molar-refractivity contribution in [2.24, 2.45) is 0 Å². The number of fused-ring (bicyclic) bond motifs is 1. The molecule has 1 aromatic heterocycles. The maximum atomic E-state index is 12.8. The summed E-state index contributed by atoms with van der Waals surface area (Å²) < 4.78 is 12.8. The van der Waals surface area contributed by atoms with Gasteiger partial charge in [-0.05, 0) is 53.3 Å². The van der Waals surface area contributed by atoms with Crippen LogP contribution in [-0.4, -0.2) is 17.4 Å². The number of benzene rings is 2. The zero-order valence-electron chi connectivity index (χ0n) is 12.1. The van der Waals surface area contributed by atoms with Crippen LogP contribution in [0.4, 0.5) is 4.39 Å². The van der Waals surface area contributed by atoms with Crippen molar-refractivity contribution < 1.29 is 9.18 Å². The van der Waals surface area contributed by atoms with E-state index >= 15 is 0 Å². The summed E-state index contributed by atoms with van der Waals surface area (Å²) in [6, 6.07) is 14.3. The highest BCUT2D eigenvalue weighted by Gasteiger charge is 2.04. The van der Waals surface area contributed by atoms with Crippen LogP contribution < -0.4 is 5.32 Å². The molecule has 3 aromatic rings. The Morgan fingerprint density at radius 1 is 1.05 bits per heavy atom. The topological polar surface area (TPSA) is 44.9 Å². The van der Waals surface area contributed by atoms with E-state index in [1.165, 1.54) is 23.1 Å². The van der Waals surface area contributed by atoms with Crippen molar-refractivity contribution in [3.63, 3.8) is 0 Å². The molecular formula is C18H17FN2O. The van der Waals surface area contributed by atoms with Crippen LogP contribution in [0.1, 0.15) is 11.1 Å². The Balaban J connectivity index is 1.49. The van der Waals surface area contributed by atoms with E-state index in [0.29, 0.717) is 6.54 Å². The van der Waals surface area contributed by atoms with Gasteiger partial charge < -0.3 is 10.3 Å². The molecule has 0 saturated heterocycles. The number of aromatic amines is 1. The Morgan fingerprint density at radius 3 is 2.64 bits per heavy atom. The van der Waals surface area contributed by atoms with Crippen LogP contribution in [0.25, 0.3) is 10.9 Å². The molecule has 0 aliphatic carbocycles. The number of carbonyl (C=O) groups is 1. The van der Waals surface area contributed by atoms with Gasteiger partial charge in [-0.3, -0.25) is 4.79 Å². The zero-order valence-corrected chi connectivity index (χ0v) is 12.1. The van der Waals surface area contributed by atoms with E-state index in [0.717, 1.165) is 17.5 Å². The molecule has 3 rings (SSSR count). The second-order valence-electron chi connectivity index (χ2n) is 5.30. The lowest BCUT2D eigenvalue weighted by atomic mass is 10.1. The van der Waals surface area contributed by atoms with Gasteiger partial charge in [0.1, 0.15) is 5.82 Å². The smallest absolute Gasteiger partial charge is 0.224 e. The lowest BCUT2D eigenvalue weighted by molar-refractivity contribution is -0.120. The number of amides is 1. The molecule has 0 bridgehead atoms. The Labute approximate surface area is 128 Å². The van der Waals surface area contributed by atoms with Crippen LogP contribution in [0, 0.1) is 5.82 Å². The van der Waals surface area contributed by atoms with Crippen LogP contribution in [0.2, 0.25) is 0 Å². The van der Waals surface area contributed by atoms with Crippen LogP contribution in [0.5, 0.6) is 0 Å². The molecule has 0 radical (unpaired) electrons. The molecule has 0 atom stereocenters. The maximum Gasteiger partial charge on any atom is 0.224 e. The monoisotopic (exact) mass is 296 g/mol. The normalized spacial score (nSPS) is 10.8. The van der Waals surface area contributed by atoms with E-state index in [1.54, 1.807) is 12.1 Å². The standard InChI is InChI=1S/C18H17FN2O/c19-16-4-1-13(2-5-16)12-18(22)21-9-7-14-3-6-17-15(11-14)8-10-20-17/h1-6,8,10-11,20H,7,9,12H2,(H,21,22). The predicted molar refractivity (Wildman–Crippen MR) is 85.1 cm³/mol. The van der Waals surface area contributed by atoms with Gasteiger partial charge in [-0.1, -0.05) is 18.2 Å². The van der Waals surface area contributed by atoms with E-state index in [9.17, 15) is 9.18 Å². The molecular weight excluding hydrogens is 279 g/mol. The van der Waals surface area contributed by atoms with Gasteiger partial charge in [-0.15, -0.1) is 0 Å². The number of aromatic nitrogens is 1. The second-order valence-corrected chi connectivity index (χ2v) is 5.30. The largest absolute Gasteiger partial charge is 0.361 e. The van der Waals surface area contributed by atoms with Crippen molar-refractivity contribution in [2.75, 3.05) is 6.54 Å². The van der Waals surface area contributed by atoms with Gasteiger partial charge in [0.25, 0.3) is 0 Å².